The summed E-state index contributed by atoms with van der Waals surface area (Å²) in [6.45, 7) is 17.9. The summed E-state index contributed by atoms with van der Waals surface area (Å²) < 4.78 is 17.2. The van der Waals surface area contributed by atoms with E-state index in [-0.39, 0.29) is 24.0 Å². The number of hydrogen-bond acceptors (Lipinski definition) is 5. The number of hydrogen-bond donors (Lipinski definition) is 2. The van der Waals surface area contributed by atoms with E-state index in [1.807, 2.05) is 12.1 Å². The van der Waals surface area contributed by atoms with Crippen LogP contribution in [0.1, 0.15) is 66.4 Å². The largest absolute Gasteiger partial charge is 0.487 e. The Morgan fingerprint density at radius 1 is 0.967 bits per heavy atom. The minimum absolute atomic E-state index is 0.00823. The first-order valence-corrected chi connectivity index (χ1v) is 10.8. The minimum Gasteiger partial charge on any atom is -0.487 e. The van der Waals surface area contributed by atoms with Crippen molar-refractivity contribution in [3.05, 3.63) is 36.4 Å². The summed E-state index contributed by atoms with van der Waals surface area (Å²) in [7, 11) is 0. The van der Waals surface area contributed by atoms with Crippen LogP contribution in [-0.2, 0) is 10.2 Å². The molecule has 172 valence electrons. The lowest BCUT2D eigenvalue weighted by molar-refractivity contribution is 0.00394. The molecular formula is C25H42O5. The van der Waals surface area contributed by atoms with Crippen LogP contribution in [0.5, 0.6) is 11.5 Å². The molecule has 0 fully saturated rings. The van der Waals surface area contributed by atoms with Gasteiger partial charge in [0.1, 0.15) is 13.2 Å². The van der Waals surface area contributed by atoms with Gasteiger partial charge in [0, 0.05) is 0 Å². The number of ether oxygens (including phenoxy) is 3. The summed E-state index contributed by atoms with van der Waals surface area (Å²) in [5.74, 6) is 1.24. The maximum Gasteiger partial charge on any atom is 0.161 e. The zero-order chi connectivity index (χ0) is 22.8. The third-order valence-electron chi connectivity index (χ3n) is 4.84. The molecular weight excluding hydrogens is 380 g/mol. The van der Waals surface area contributed by atoms with E-state index >= 15 is 0 Å². The van der Waals surface area contributed by atoms with Crippen LogP contribution in [0.2, 0.25) is 0 Å². The molecule has 0 saturated carbocycles. The number of allylic oxidation sites excluding steroid dienone is 1. The van der Waals surface area contributed by atoms with E-state index in [9.17, 15) is 5.11 Å². The predicted octanol–water partition coefficient (Wildman–Crippen LogP) is 4.88. The van der Waals surface area contributed by atoms with Crippen LogP contribution >= 0.6 is 0 Å². The lowest BCUT2D eigenvalue weighted by atomic mass is 9.72. The first-order chi connectivity index (χ1) is 13.9. The lowest BCUT2D eigenvalue weighted by Crippen LogP contribution is -2.32. The quantitative estimate of drug-likeness (QED) is 0.330. The first-order valence-electron chi connectivity index (χ1n) is 10.8. The molecule has 0 aromatic heterocycles. The van der Waals surface area contributed by atoms with Gasteiger partial charge < -0.3 is 24.4 Å². The number of benzene rings is 1. The van der Waals surface area contributed by atoms with E-state index in [2.05, 4.69) is 47.3 Å². The van der Waals surface area contributed by atoms with Crippen LogP contribution in [0, 0.1) is 5.41 Å². The molecule has 1 unspecified atom stereocenters. The van der Waals surface area contributed by atoms with E-state index < -0.39 is 5.60 Å². The molecule has 1 aromatic carbocycles. The van der Waals surface area contributed by atoms with Gasteiger partial charge in [-0.05, 0) is 54.7 Å². The fourth-order valence-corrected chi connectivity index (χ4v) is 3.68. The van der Waals surface area contributed by atoms with Gasteiger partial charge in [-0.25, -0.2) is 0 Å². The average Bonchev–Trinajstić information content (AvgIpc) is 2.63. The number of aliphatic hydroxyl groups excluding tert-OH is 1. The van der Waals surface area contributed by atoms with E-state index in [1.165, 1.54) is 5.56 Å². The highest BCUT2D eigenvalue weighted by atomic mass is 16.5. The Morgan fingerprint density at radius 3 is 2.27 bits per heavy atom. The van der Waals surface area contributed by atoms with Gasteiger partial charge >= 0.3 is 0 Å². The molecule has 5 heteroatoms. The highest BCUT2D eigenvalue weighted by Gasteiger charge is 2.29. The van der Waals surface area contributed by atoms with Crippen LogP contribution in [0.15, 0.2) is 30.9 Å². The monoisotopic (exact) mass is 422 g/mol. The summed E-state index contributed by atoms with van der Waals surface area (Å²) in [6.07, 6.45) is 4.12. The Labute approximate surface area is 183 Å². The zero-order valence-corrected chi connectivity index (χ0v) is 19.8. The SMILES string of the molecule is C=CCCC(C)(O)COc1cc(C(C)(C)CC(C)(C)C)ccc1OCCOCCO. The summed E-state index contributed by atoms with van der Waals surface area (Å²) in [6, 6.07) is 6.04. The van der Waals surface area contributed by atoms with Crippen molar-refractivity contribution in [1.82, 2.24) is 0 Å². The molecule has 1 rings (SSSR count). The molecule has 0 spiro atoms. The van der Waals surface area contributed by atoms with Gasteiger partial charge in [0.05, 0.1) is 25.4 Å². The van der Waals surface area contributed by atoms with Crippen LogP contribution in [-0.4, -0.2) is 48.8 Å². The summed E-state index contributed by atoms with van der Waals surface area (Å²) in [5.41, 5.74) is 0.372. The van der Waals surface area contributed by atoms with Gasteiger partial charge in [0.25, 0.3) is 0 Å². The summed E-state index contributed by atoms with van der Waals surface area (Å²) in [5, 5.41) is 19.4. The summed E-state index contributed by atoms with van der Waals surface area (Å²) >= 11 is 0. The fourth-order valence-electron chi connectivity index (χ4n) is 3.68. The van der Waals surface area contributed by atoms with E-state index in [1.54, 1.807) is 13.0 Å². The second-order valence-electron chi connectivity index (χ2n) is 10.1. The van der Waals surface area contributed by atoms with Gasteiger partial charge in [0.15, 0.2) is 11.5 Å². The van der Waals surface area contributed by atoms with E-state index in [0.29, 0.717) is 37.7 Å². The van der Waals surface area contributed by atoms with Crippen molar-refractivity contribution in [3.8, 4) is 11.5 Å². The van der Waals surface area contributed by atoms with Crippen molar-refractivity contribution in [2.75, 3.05) is 33.0 Å². The van der Waals surface area contributed by atoms with Gasteiger partial charge in [0.2, 0.25) is 0 Å². The van der Waals surface area contributed by atoms with Gasteiger partial charge in [-0.15, -0.1) is 6.58 Å². The second-order valence-corrected chi connectivity index (χ2v) is 10.1. The molecule has 0 radical (unpaired) electrons. The smallest absolute Gasteiger partial charge is 0.161 e. The first kappa shape index (κ1) is 26.5. The van der Waals surface area contributed by atoms with Crippen LogP contribution in [0.25, 0.3) is 0 Å². The van der Waals surface area contributed by atoms with Crippen molar-refractivity contribution in [2.24, 2.45) is 5.41 Å². The van der Waals surface area contributed by atoms with Gasteiger partial charge in [-0.1, -0.05) is 46.8 Å². The van der Waals surface area contributed by atoms with Crippen molar-refractivity contribution >= 4 is 0 Å². The molecule has 30 heavy (non-hydrogen) atoms. The van der Waals surface area contributed by atoms with Crippen molar-refractivity contribution in [3.63, 3.8) is 0 Å². The maximum atomic E-state index is 10.6. The Morgan fingerprint density at radius 2 is 1.67 bits per heavy atom. The highest BCUT2D eigenvalue weighted by Crippen LogP contribution is 2.40. The molecule has 0 saturated heterocycles. The van der Waals surface area contributed by atoms with Crippen LogP contribution < -0.4 is 9.47 Å². The van der Waals surface area contributed by atoms with E-state index in [4.69, 9.17) is 19.3 Å². The Kier molecular flexibility index (Phi) is 10.4. The normalized spacial score (nSPS) is 14.3. The molecule has 0 aliphatic carbocycles. The number of rotatable bonds is 14. The molecule has 5 nitrogen and oxygen atoms in total. The fraction of sp³-hybridized carbons (Fsp3) is 0.680. The van der Waals surface area contributed by atoms with Crippen LogP contribution in [0.4, 0.5) is 0 Å². The van der Waals surface area contributed by atoms with Gasteiger partial charge in [-0.2, -0.15) is 0 Å². The second kappa shape index (κ2) is 11.7. The third kappa shape index (κ3) is 9.96. The van der Waals surface area contributed by atoms with Crippen molar-refractivity contribution < 1.29 is 24.4 Å². The molecule has 1 aromatic rings. The van der Waals surface area contributed by atoms with E-state index in [0.717, 1.165) is 12.8 Å². The summed E-state index contributed by atoms with van der Waals surface area (Å²) in [4.78, 5) is 0. The maximum absolute atomic E-state index is 10.6. The van der Waals surface area contributed by atoms with Gasteiger partial charge in [-0.3, -0.25) is 0 Å². The molecule has 0 amide bonds. The molecule has 1 atom stereocenters. The topological polar surface area (TPSA) is 68.2 Å². The minimum atomic E-state index is -0.952. The Balaban J connectivity index is 3.02. The number of aliphatic hydroxyl groups is 2. The standard InChI is InChI=1S/C25H42O5/c1-8-9-12-25(7,27)19-30-22-17-20(24(5,6)18-23(2,3)4)10-11-21(22)29-16-15-28-14-13-26/h8,10-11,17,26-27H,1,9,12-16,18-19H2,2-7H3. The molecule has 2 N–H and O–H groups in total. The average molecular weight is 423 g/mol. The molecule has 0 aliphatic heterocycles. The third-order valence-corrected chi connectivity index (χ3v) is 4.84. The molecule has 0 heterocycles. The van der Waals surface area contributed by atoms with Crippen molar-refractivity contribution in [1.29, 1.82) is 0 Å². The highest BCUT2D eigenvalue weighted by molar-refractivity contribution is 5.45. The van der Waals surface area contributed by atoms with Crippen LogP contribution in [0.3, 0.4) is 0 Å². The molecule has 0 aliphatic rings. The van der Waals surface area contributed by atoms with Crippen molar-refractivity contribution in [2.45, 2.75) is 71.8 Å². The molecule has 0 bridgehead atoms. The zero-order valence-electron chi connectivity index (χ0n) is 19.8. The predicted molar refractivity (Wildman–Crippen MR) is 122 cm³/mol. The Bertz CT molecular complexity index is 643. The lowest BCUT2D eigenvalue weighted by Gasteiger charge is -2.33. The Hall–Kier alpha value is -1.56.